The first kappa shape index (κ1) is 131. The number of aliphatic hydroxyl groups is 7. The van der Waals surface area contributed by atoms with Crippen molar-refractivity contribution in [2.75, 3.05) is 168 Å². The highest BCUT2D eigenvalue weighted by molar-refractivity contribution is 7.48. The highest BCUT2D eigenvalue weighted by Crippen LogP contribution is 2.46. The first-order valence-electron chi connectivity index (χ1n) is 41.1. The summed E-state index contributed by atoms with van der Waals surface area (Å²) in [5, 5.41) is 75.5. The third kappa shape index (κ3) is 97.1. The van der Waals surface area contributed by atoms with Crippen LogP contribution in [0.25, 0.3) is 0 Å². The molecule has 13 atom stereocenters. The number of carbonyl (C=O) groups excluding carboxylic acids is 4. The summed E-state index contributed by atoms with van der Waals surface area (Å²) in [6.45, 7) is 2.40. The number of carboxylic acid groups (broad SMARTS) is 1. The largest absolute Gasteiger partial charge is 0.480 e. The fourth-order valence-electron chi connectivity index (χ4n) is 8.11. The van der Waals surface area contributed by atoms with Crippen molar-refractivity contribution in [1.29, 1.82) is 0 Å². The molecule has 0 aromatic rings. The minimum Gasteiger partial charge on any atom is -0.480 e. The van der Waals surface area contributed by atoms with Crippen LogP contribution in [0.3, 0.4) is 0 Å². The molecule has 0 aliphatic rings. The summed E-state index contributed by atoms with van der Waals surface area (Å²) < 4.78 is 125. The van der Waals surface area contributed by atoms with E-state index in [9.17, 15) is 82.2 Å². The maximum absolute atomic E-state index is 12.0. The Morgan fingerprint density at radius 1 is 0.356 bits per heavy atom. The third-order valence-electron chi connectivity index (χ3n) is 14.4. The smallest absolute Gasteiger partial charge is 0.472 e. The average molecular weight is 2030 g/mol. The summed E-state index contributed by atoms with van der Waals surface area (Å²) in [7, 11) is -5.85. The SMILES string of the molecule is CC#CC#CC#CC#CC#CC#CC#CC#CC(=O)OCC(COP(=O)(O)OCCN(C)C)OC(O)CO.CC#CC#CC#CC#CC#CC#CC#CC#CC(=O)OCC(COP(=O)(O)OCCN(C)C)OC(O)CO.CC(=O)OCC(COP(=O)(O)OCCN(C)C)OC(O)CO.CCCCCCCCCCCCCCCC(=O)OCC(COP(=O)(O)OCC(NC)C(=O)O)OC(C)O.[HH].[HH].[HH].[HH].[HH].[HH].[HH].[HH].[HH].[HH].[HH].[HH].[HH].[HH].[HH].[HH].[HH].[HH].[HH].[HH].[HH].[HH].[HH].[HH].[HH].[HH].[HH].[HH].[HH]. The number of carboxylic acids is 1. The molecule has 135 heavy (non-hydrogen) atoms. The Balaban J connectivity index is -0.0000000430. The maximum atomic E-state index is 12.0. The van der Waals surface area contributed by atoms with Crippen LogP contribution in [0.4, 0.5) is 0 Å². The molecule has 41 nitrogen and oxygen atoms in total. The van der Waals surface area contributed by atoms with E-state index in [2.05, 4.69) is 211 Å². The van der Waals surface area contributed by atoms with Gasteiger partial charge in [-0.15, -0.1) is 0 Å². The Hall–Kier alpha value is -9.85. The molecule has 13 N–H and O–H groups in total. The molecule has 0 amide bonds. The van der Waals surface area contributed by atoms with Crippen LogP contribution in [0.15, 0.2) is 0 Å². The summed E-state index contributed by atoms with van der Waals surface area (Å²) in [5.74, 6) is 72.8. The number of phosphoric ester groups is 4. The monoisotopic (exact) mass is 2030 g/mol. The highest BCUT2D eigenvalue weighted by Gasteiger charge is 2.31. The van der Waals surface area contributed by atoms with Gasteiger partial charge in [0.05, 0.1) is 72.7 Å². The van der Waals surface area contributed by atoms with Gasteiger partial charge in [-0.3, -0.25) is 50.6 Å². The second-order valence-corrected chi connectivity index (χ2v) is 32.7. The zero-order chi connectivity index (χ0) is 102. The fourth-order valence-corrected chi connectivity index (χ4v) is 11.1. The normalized spacial score (nSPS) is 13.6. The number of carbonyl (C=O) groups is 5. The standard InChI is InChI=1S/2C27H24NO9P.C25H50NO10P.C11H24NO9P.29H2/c2*1-4-5-6-7-8-9-10-11-12-13-14-15-16-17-18-19-26(30)34-23-25(37-27(31)22-29)24-36-38(32,33)35-21-20-28(2)3;1-4-5-6-7-8-9-10-11-12-13-14-15-16-17-24(28)33-18-22(36-21(2)27)19-34-37(31,32)35-20-23(26-3)25(29)30;1-9(14)18-7-10(21-11(15)6-13)8-20-22(16,17)19-5-4-12(2)3;;;;;;;;;;;;;;;;;;;;;;;;;;;;;/h2*25,27,29,31H,20-24H2,1-3H3,(H,32,33);21-23,26-27H,4-20H2,1-3H3,(H,29,30)(H,31,32);10-11,13,15H,4-8H2,1-3H3,(H,16,17);29*1H. The van der Waals surface area contributed by atoms with Gasteiger partial charge in [-0.2, -0.15) is 0 Å². The molecule has 0 aromatic carbocycles. The van der Waals surface area contributed by atoms with Crippen LogP contribution in [-0.4, -0.2) is 329 Å². The van der Waals surface area contributed by atoms with Crippen LogP contribution in [0.5, 0.6) is 0 Å². The number of phosphoric acid groups is 4. The number of hydrogen-bond acceptors (Lipinski definition) is 36. The molecule has 0 rings (SSSR count). The molecule has 0 bridgehead atoms. The molecule has 13 unspecified atom stereocenters. The maximum Gasteiger partial charge on any atom is 0.472 e. The first-order chi connectivity index (χ1) is 64.2. The minimum absolute atomic E-state index is 0. The molecule has 0 aliphatic carbocycles. The lowest BCUT2D eigenvalue weighted by Gasteiger charge is -2.21. The number of rotatable bonds is 62. The number of aliphatic hydroxyl groups excluding tert-OH is 7. The number of esters is 4. The van der Waals surface area contributed by atoms with Crippen molar-refractivity contribution in [1.82, 2.24) is 20.0 Å². The number of nitrogens with one attached hydrogen (secondary N) is 1. The van der Waals surface area contributed by atoms with Gasteiger partial charge < -0.3 is 118 Å². The van der Waals surface area contributed by atoms with E-state index in [-0.39, 0.29) is 80.8 Å². The molecule has 0 radical (unpaired) electrons. The van der Waals surface area contributed by atoms with Gasteiger partial charge in [0.25, 0.3) is 0 Å². The number of hydrogen-bond donors (Lipinski definition) is 13. The molecule has 45 heteroatoms. The van der Waals surface area contributed by atoms with Crippen LogP contribution < -0.4 is 5.32 Å². The Bertz CT molecular complexity index is 4700. The Morgan fingerprint density at radius 2 is 0.607 bits per heavy atom. The van der Waals surface area contributed by atoms with Crippen molar-refractivity contribution in [2.45, 2.75) is 180 Å². The van der Waals surface area contributed by atoms with Crippen molar-refractivity contribution in [3.8, 4) is 189 Å². The molecule has 0 spiro atoms. The van der Waals surface area contributed by atoms with Crippen LogP contribution in [0, 0.1) is 189 Å². The molecule has 0 heterocycles. The zero-order valence-corrected chi connectivity index (χ0v) is 81.1. The third-order valence-corrected chi connectivity index (χ3v) is 18.3. The Kier molecular flexibility index (Phi) is 85.8. The van der Waals surface area contributed by atoms with Crippen LogP contribution in [-0.2, 0) is 116 Å². The highest BCUT2D eigenvalue weighted by atomic mass is 31.2. The summed E-state index contributed by atoms with van der Waals surface area (Å²) in [6, 6.07) is -1.19. The van der Waals surface area contributed by atoms with Gasteiger partial charge in [0.2, 0.25) is 0 Å². The lowest BCUT2D eigenvalue weighted by atomic mass is 10.0. The predicted octanol–water partition coefficient (Wildman–Crippen LogP) is 8.55. The van der Waals surface area contributed by atoms with E-state index < -0.39 is 183 Å². The van der Waals surface area contributed by atoms with Gasteiger partial charge in [-0.25, -0.2) is 27.8 Å². The van der Waals surface area contributed by atoms with Gasteiger partial charge in [0, 0.05) is 86.2 Å². The van der Waals surface area contributed by atoms with E-state index in [0.717, 1.165) is 19.3 Å². The number of ether oxygens (including phenoxy) is 8. The number of unbranched alkanes of at least 4 members (excludes halogenated alkanes) is 12. The number of aliphatic carboxylic acids is 1. The molecule has 0 fully saturated rings. The topological polar surface area (TPSA) is 566 Å². The lowest BCUT2D eigenvalue weighted by molar-refractivity contribution is -0.181. The quantitative estimate of drug-likeness (QED) is 0.00515. The van der Waals surface area contributed by atoms with E-state index in [0.29, 0.717) is 26.1 Å². The van der Waals surface area contributed by atoms with Gasteiger partial charge in [0.15, 0.2) is 25.2 Å². The van der Waals surface area contributed by atoms with Gasteiger partial charge in [-0.1, -0.05) is 95.8 Å². The van der Waals surface area contributed by atoms with Crippen LogP contribution in [0.1, 0.15) is 166 Å². The minimum atomic E-state index is -4.59. The van der Waals surface area contributed by atoms with E-state index >= 15 is 0 Å². The molecular formula is C90H180N4O37P4. The second-order valence-electron chi connectivity index (χ2n) is 26.9. The van der Waals surface area contributed by atoms with Gasteiger partial charge in [-0.05, 0) is 242 Å². The number of nitrogens with zero attached hydrogens (tertiary/aromatic N) is 3. The van der Waals surface area contributed by atoms with E-state index in [1.54, 1.807) is 70.8 Å². The van der Waals surface area contributed by atoms with E-state index in [1.165, 1.54) is 78.7 Å². The van der Waals surface area contributed by atoms with Crippen LogP contribution in [0.2, 0.25) is 0 Å². The van der Waals surface area contributed by atoms with Crippen LogP contribution >= 0.6 is 31.3 Å². The summed E-state index contributed by atoms with van der Waals surface area (Å²) in [6.07, 6.45) is 5.41. The van der Waals surface area contributed by atoms with Crippen molar-refractivity contribution >= 4 is 61.1 Å². The van der Waals surface area contributed by atoms with Gasteiger partial charge >= 0.3 is 61.1 Å². The summed E-state index contributed by atoms with van der Waals surface area (Å²) >= 11 is 0. The van der Waals surface area contributed by atoms with E-state index in [1.807, 2.05) is 0 Å². The van der Waals surface area contributed by atoms with E-state index in [4.69, 9.17) is 85.3 Å². The second kappa shape index (κ2) is 88.1. The Labute approximate surface area is 834 Å². The summed E-state index contributed by atoms with van der Waals surface area (Å²) in [4.78, 5) is 101. The Morgan fingerprint density at radius 3 is 0.867 bits per heavy atom. The lowest BCUT2D eigenvalue weighted by Crippen LogP contribution is -2.38. The zero-order valence-electron chi connectivity index (χ0n) is 77.5. The molecule has 802 valence electrons. The predicted molar refractivity (Wildman–Crippen MR) is 550 cm³/mol. The average Bonchev–Trinajstić information content (AvgIpc) is 0.922. The van der Waals surface area contributed by atoms with Crippen molar-refractivity contribution in [2.24, 2.45) is 0 Å². The summed E-state index contributed by atoms with van der Waals surface area (Å²) in [5.41, 5.74) is 0. The molecular weight excluding hydrogens is 1850 g/mol. The van der Waals surface area contributed by atoms with Crippen molar-refractivity contribution in [3.05, 3.63) is 0 Å². The first-order valence-corrected chi connectivity index (χ1v) is 47.1. The van der Waals surface area contributed by atoms with Gasteiger partial charge in [0.1, 0.15) is 56.9 Å². The molecule has 0 saturated carbocycles. The fraction of sp³-hybridized carbons (Fsp3) is 0.589. The van der Waals surface area contributed by atoms with Crippen molar-refractivity contribution < 1.29 is 218 Å². The number of likely N-dealkylation sites (N-methyl/N-ethyl adjacent to an activating group) is 4. The molecule has 0 aromatic heterocycles. The van der Waals surface area contributed by atoms with Crippen molar-refractivity contribution in [3.63, 3.8) is 0 Å². The molecule has 0 saturated heterocycles. The molecule has 0 aliphatic heterocycles.